The van der Waals surface area contributed by atoms with E-state index in [1.165, 1.54) is 98.3 Å². The molecule has 12 aromatic carbocycles. The van der Waals surface area contributed by atoms with Crippen LogP contribution in [-0.2, 0) is 0 Å². The van der Waals surface area contributed by atoms with Crippen molar-refractivity contribution in [1.82, 2.24) is 4.57 Å². The minimum atomic E-state index is 1.09. The SMILES string of the molecule is c1ccc(-c2c(-c3ccc(N(c4ccc(-c5ccc6c7ccc8ccccc8c7n(-c7ccccc7)c6c5)cc4)c4cccc5ccccc45)cc3)c3ccccc3c3ccccc23)cc1. The fraction of sp³-hybridized carbons (Fsp3) is 0. The molecular weight excluding hydrogens is 797 g/mol. The van der Waals surface area contributed by atoms with Crippen molar-refractivity contribution in [2.75, 3.05) is 4.90 Å². The van der Waals surface area contributed by atoms with Crippen LogP contribution in [-0.4, -0.2) is 4.57 Å². The van der Waals surface area contributed by atoms with Gasteiger partial charge < -0.3 is 9.47 Å². The Morgan fingerprint density at radius 2 is 0.742 bits per heavy atom. The van der Waals surface area contributed by atoms with Crippen LogP contribution in [0.15, 0.2) is 255 Å². The maximum atomic E-state index is 2.44. The second-order valence-corrected chi connectivity index (χ2v) is 17.2. The molecule has 0 aliphatic carbocycles. The Hall–Kier alpha value is -8.72. The molecule has 0 unspecified atom stereocenters. The van der Waals surface area contributed by atoms with E-state index < -0.39 is 0 Å². The molecule has 0 atom stereocenters. The normalized spacial score (nSPS) is 11.6. The van der Waals surface area contributed by atoms with E-state index in [2.05, 4.69) is 264 Å². The molecule has 66 heavy (non-hydrogen) atoms. The van der Waals surface area contributed by atoms with Crippen LogP contribution in [0.2, 0.25) is 0 Å². The minimum absolute atomic E-state index is 1.09. The van der Waals surface area contributed by atoms with Crippen LogP contribution in [0.5, 0.6) is 0 Å². The molecule has 1 aromatic heterocycles. The van der Waals surface area contributed by atoms with Gasteiger partial charge in [0, 0.05) is 38.6 Å². The number of aromatic nitrogens is 1. The zero-order valence-electron chi connectivity index (χ0n) is 36.1. The molecule has 0 saturated heterocycles. The first-order chi connectivity index (χ1) is 32.8. The van der Waals surface area contributed by atoms with Gasteiger partial charge in [0.1, 0.15) is 0 Å². The lowest BCUT2D eigenvalue weighted by molar-refractivity contribution is 1.19. The Labute approximate surface area is 383 Å². The highest BCUT2D eigenvalue weighted by Crippen LogP contribution is 2.46. The summed E-state index contributed by atoms with van der Waals surface area (Å²) in [5.74, 6) is 0. The van der Waals surface area contributed by atoms with Gasteiger partial charge >= 0.3 is 0 Å². The lowest BCUT2D eigenvalue weighted by Crippen LogP contribution is -2.10. The van der Waals surface area contributed by atoms with Crippen molar-refractivity contribution >= 4 is 82.0 Å². The van der Waals surface area contributed by atoms with Gasteiger partial charge in [-0.2, -0.15) is 0 Å². The van der Waals surface area contributed by atoms with Crippen LogP contribution in [0.25, 0.3) is 104 Å². The van der Waals surface area contributed by atoms with Crippen LogP contribution in [0.1, 0.15) is 0 Å². The smallest absolute Gasteiger partial charge is 0.0619 e. The number of benzene rings is 12. The second kappa shape index (κ2) is 15.5. The molecule has 308 valence electrons. The quantitative estimate of drug-likeness (QED) is 0.145. The van der Waals surface area contributed by atoms with Crippen molar-refractivity contribution in [2.24, 2.45) is 0 Å². The summed E-state index contributed by atoms with van der Waals surface area (Å²) in [7, 11) is 0. The Kier molecular flexibility index (Phi) is 8.89. The monoisotopic (exact) mass is 838 g/mol. The summed E-state index contributed by atoms with van der Waals surface area (Å²) in [6, 6.07) is 93.2. The lowest BCUT2D eigenvalue weighted by Gasteiger charge is -2.27. The number of nitrogens with zero attached hydrogens (tertiary/aromatic N) is 2. The van der Waals surface area contributed by atoms with E-state index in [1.54, 1.807) is 0 Å². The minimum Gasteiger partial charge on any atom is -0.310 e. The Morgan fingerprint density at radius 3 is 1.39 bits per heavy atom. The van der Waals surface area contributed by atoms with E-state index in [-0.39, 0.29) is 0 Å². The largest absolute Gasteiger partial charge is 0.310 e. The number of para-hydroxylation sites is 1. The Morgan fingerprint density at radius 1 is 0.273 bits per heavy atom. The second-order valence-electron chi connectivity index (χ2n) is 17.2. The van der Waals surface area contributed by atoms with Crippen molar-refractivity contribution in [2.45, 2.75) is 0 Å². The summed E-state index contributed by atoms with van der Waals surface area (Å²) in [6.45, 7) is 0. The summed E-state index contributed by atoms with van der Waals surface area (Å²) < 4.78 is 2.44. The maximum Gasteiger partial charge on any atom is 0.0619 e. The zero-order valence-corrected chi connectivity index (χ0v) is 36.1. The third kappa shape index (κ3) is 6.11. The average Bonchev–Trinajstić information content (AvgIpc) is 3.73. The first-order valence-corrected chi connectivity index (χ1v) is 22.8. The van der Waals surface area contributed by atoms with Gasteiger partial charge in [0.05, 0.1) is 16.7 Å². The summed E-state index contributed by atoms with van der Waals surface area (Å²) in [4.78, 5) is 2.41. The Balaban J connectivity index is 0.956. The van der Waals surface area contributed by atoms with Crippen molar-refractivity contribution < 1.29 is 0 Å². The fourth-order valence-electron chi connectivity index (χ4n) is 10.6. The molecule has 0 aliphatic rings. The number of anilines is 3. The summed E-state index contributed by atoms with van der Waals surface area (Å²) in [5.41, 5.74) is 14.2. The van der Waals surface area contributed by atoms with Crippen LogP contribution < -0.4 is 4.90 Å². The van der Waals surface area contributed by atoms with Gasteiger partial charge in [-0.05, 0) is 114 Å². The van der Waals surface area contributed by atoms with E-state index >= 15 is 0 Å². The molecule has 0 fully saturated rings. The molecule has 0 aliphatic heterocycles. The van der Waals surface area contributed by atoms with Gasteiger partial charge in [-0.1, -0.05) is 206 Å². The number of hydrogen-bond donors (Lipinski definition) is 0. The topological polar surface area (TPSA) is 8.17 Å². The van der Waals surface area contributed by atoms with E-state index in [9.17, 15) is 0 Å². The lowest BCUT2D eigenvalue weighted by atomic mass is 9.85. The van der Waals surface area contributed by atoms with Gasteiger partial charge in [0.2, 0.25) is 0 Å². The van der Waals surface area contributed by atoms with Crippen LogP contribution in [0.4, 0.5) is 17.1 Å². The van der Waals surface area contributed by atoms with Crippen molar-refractivity contribution in [1.29, 1.82) is 0 Å². The molecule has 0 saturated carbocycles. The standard InChI is InChI=1S/C64H42N2/c1-3-18-46(19-4-1)62-57-27-13-11-25-54(57)55-26-12-14-28-58(55)63(62)47-32-38-51(39-33-47)65(60-29-15-20-44-16-7-9-23-52(44)60)50-36-30-43(31-37-50)48-35-40-56-59-41-34-45-17-8-10-24-53(45)64(59)66(61(56)42-48)49-21-5-2-6-22-49/h1-42H. The molecule has 0 bridgehead atoms. The third-order valence-electron chi connectivity index (χ3n) is 13.5. The van der Waals surface area contributed by atoms with E-state index in [0.29, 0.717) is 0 Å². The molecule has 2 heteroatoms. The predicted octanol–water partition coefficient (Wildman–Crippen LogP) is 17.9. The maximum absolute atomic E-state index is 2.44. The highest BCUT2D eigenvalue weighted by molar-refractivity contribution is 6.22. The van der Waals surface area contributed by atoms with E-state index in [1.807, 2.05) is 0 Å². The van der Waals surface area contributed by atoms with Crippen molar-refractivity contribution in [3.63, 3.8) is 0 Å². The first-order valence-electron chi connectivity index (χ1n) is 22.8. The number of rotatable bonds is 7. The van der Waals surface area contributed by atoms with Crippen LogP contribution in [0, 0.1) is 0 Å². The molecule has 2 nitrogen and oxygen atoms in total. The summed E-state index contributed by atoms with van der Waals surface area (Å²) in [6.07, 6.45) is 0. The van der Waals surface area contributed by atoms with Gasteiger partial charge in [-0.3, -0.25) is 0 Å². The predicted molar refractivity (Wildman–Crippen MR) is 282 cm³/mol. The molecule has 13 aromatic rings. The molecule has 0 radical (unpaired) electrons. The fourth-order valence-corrected chi connectivity index (χ4v) is 10.6. The van der Waals surface area contributed by atoms with Crippen LogP contribution in [0.3, 0.4) is 0 Å². The van der Waals surface area contributed by atoms with E-state index in [0.717, 1.165) is 22.7 Å². The van der Waals surface area contributed by atoms with E-state index in [4.69, 9.17) is 0 Å². The van der Waals surface area contributed by atoms with Crippen LogP contribution >= 0.6 is 0 Å². The molecule has 0 spiro atoms. The molecular formula is C64H42N2. The summed E-state index contributed by atoms with van der Waals surface area (Å²) >= 11 is 0. The third-order valence-corrected chi connectivity index (χ3v) is 13.5. The number of hydrogen-bond acceptors (Lipinski definition) is 1. The highest BCUT2D eigenvalue weighted by atomic mass is 15.1. The van der Waals surface area contributed by atoms with Gasteiger partial charge in [-0.25, -0.2) is 0 Å². The highest BCUT2D eigenvalue weighted by Gasteiger charge is 2.21. The zero-order chi connectivity index (χ0) is 43.6. The first kappa shape index (κ1) is 37.8. The molecule has 13 rings (SSSR count). The van der Waals surface area contributed by atoms with Gasteiger partial charge in [0.25, 0.3) is 0 Å². The average molecular weight is 839 g/mol. The summed E-state index contributed by atoms with van der Waals surface area (Å²) in [5, 5.41) is 12.5. The Bertz CT molecular complexity index is 3950. The molecule has 0 amide bonds. The molecule has 1 heterocycles. The number of fused-ring (bicyclic) bond motifs is 9. The van der Waals surface area contributed by atoms with Gasteiger partial charge in [-0.15, -0.1) is 0 Å². The van der Waals surface area contributed by atoms with Gasteiger partial charge in [0.15, 0.2) is 0 Å². The van der Waals surface area contributed by atoms with Crippen molar-refractivity contribution in [3.05, 3.63) is 255 Å². The molecule has 0 N–H and O–H groups in total. The van der Waals surface area contributed by atoms with Crippen molar-refractivity contribution in [3.8, 4) is 39.1 Å².